The van der Waals surface area contributed by atoms with Gasteiger partial charge in [0.2, 0.25) is 5.78 Å². The minimum Gasteiger partial charge on any atom is -0.289 e. The van der Waals surface area contributed by atoms with Crippen molar-refractivity contribution in [3.8, 4) is 0 Å². The maximum atomic E-state index is 14.2. The first-order valence-corrected chi connectivity index (χ1v) is 22.0. The van der Waals surface area contributed by atoms with Gasteiger partial charge in [-0.1, -0.05) is 86.6 Å². The molecule has 5 rings (SSSR count). The number of carbonyl (C=O) groups is 1. The molecular weight excluding hydrogens is 1060 g/mol. The van der Waals surface area contributed by atoms with E-state index in [1.807, 2.05) is 12.1 Å². The second kappa shape index (κ2) is 20.1. The maximum Gasteiger partial charge on any atom is 0.416 e. The van der Waals surface area contributed by atoms with Crippen molar-refractivity contribution in [1.29, 1.82) is 0 Å². The van der Waals surface area contributed by atoms with Gasteiger partial charge in [0.25, 0.3) is 0 Å². The Balaban J connectivity index is 0.000000639. The normalized spacial score (nSPS) is 13.6. The van der Waals surface area contributed by atoms with Crippen LogP contribution in [0.15, 0.2) is 97.1 Å². The van der Waals surface area contributed by atoms with Crippen LogP contribution >= 0.6 is 0 Å². The van der Waals surface area contributed by atoms with Gasteiger partial charge in [0.15, 0.2) is 5.75 Å². The average Bonchev–Trinajstić information content (AvgIpc) is 3.21. The van der Waals surface area contributed by atoms with Crippen molar-refractivity contribution in [3.63, 3.8) is 0 Å². The van der Waals surface area contributed by atoms with E-state index in [-0.39, 0.29) is 16.7 Å². The van der Waals surface area contributed by atoms with Gasteiger partial charge in [-0.05, 0) is 46.6 Å². The number of ketones is 1. The second-order valence-electron chi connectivity index (χ2n) is 16.6. The summed E-state index contributed by atoms with van der Waals surface area (Å²) in [5.41, 5.74) is -28.1. The van der Waals surface area contributed by atoms with Gasteiger partial charge in [-0.2, -0.15) is 127 Å². The molecule has 0 heterocycles. The molecule has 0 aliphatic heterocycles. The van der Waals surface area contributed by atoms with Gasteiger partial charge >= 0.3 is 49.4 Å². The predicted molar refractivity (Wildman–Crippen MR) is 219 cm³/mol. The molecule has 0 atom stereocenters. The lowest BCUT2D eigenvalue weighted by atomic mass is 9.12. The summed E-state index contributed by atoms with van der Waals surface area (Å²) in [6.45, 7) is 4.32. The molecule has 72 heavy (non-hydrogen) atoms. The summed E-state index contributed by atoms with van der Waals surface area (Å²) >= 11 is 0. The number of Topliss-reactive ketones (excluding diaryl/α,β-unsaturated/α-hetero) is 1. The number of rotatable bonds is 8. The van der Waals surface area contributed by atoms with Crippen LogP contribution in [0.2, 0.25) is 0 Å². The average molecular weight is 1090 g/mol. The molecule has 27 heteroatoms. The van der Waals surface area contributed by atoms with Crippen molar-refractivity contribution in [1.82, 2.24) is 0 Å². The highest BCUT2D eigenvalue weighted by molar-refractivity contribution is 7.96. The molecule has 0 fully saturated rings. The fourth-order valence-corrected chi connectivity index (χ4v) is 8.16. The Kier molecular flexibility index (Phi) is 16.5. The molecule has 0 aliphatic rings. The summed E-state index contributed by atoms with van der Waals surface area (Å²) in [6, 6.07) is -0.799. The third-order valence-corrected chi connectivity index (χ3v) is 11.6. The topological polar surface area (TPSA) is 17.1 Å². The first-order valence-electron chi connectivity index (χ1n) is 19.8. The van der Waals surface area contributed by atoms with E-state index in [1.165, 1.54) is 5.56 Å². The zero-order valence-corrected chi connectivity index (χ0v) is 37.3. The monoisotopic (exact) mass is 1090 g/mol. The standard InChI is InChI=1S/C32H12BF24.C13H19OS/c34-25(35,36)13-1-14(26(37,38)39)6-21(5-13)33(22-7-15(27(40,41)42)2-16(8-22)28(43,44)45,23-9-17(29(46,47)48)3-18(10-23)30(49,50)51)24-11-19(31(52,53)54)4-20(12-24)32(55,56)57;1-10(2)11-5-7-12(8-6-11)13(14)9-15(3)4/h1-12H;5-8,10H,9H2,1-4H3/q-1;+1. The van der Waals surface area contributed by atoms with Crippen LogP contribution in [-0.4, -0.2) is 30.2 Å². The Bertz CT molecular complexity index is 2300. The number of benzene rings is 5. The molecule has 0 N–H and O–H groups in total. The van der Waals surface area contributed by atoms with Crippen LogP contribution in [0.25, 0.3) is 0 Å². The number of halogens is 24. The Morgan fingerprint density at radius 1 is 0.375 bits per heavy atom. The van der Waals surface area contributed by atoms with Gasteiger partial charge in [0, 0.05) is 5.56 Å². The molecular formula is C45H31BF24OS. The quantitative estimate of drug-likeness (QED) is 0.0655. The van der Waals surface area contributed by atoms with Crippen LogP contribution in [0.1, 0.15) is 80.2 Å². The summed E-state index contributed by atoms with van der Waals surface area (Å²) in [7, 11) is 0.190. The van der Waals surface area contributed by atoms with Crippen molar-refractivity contribution in [2.45, 2.75) is 69.2 Å². The molecule has 5 aromatic rings. The van der Waals surface area contributed by atoms with Crippen LogP contribution in [0.5, 0.6) is 0 Å². The molecule has 1 nitrogen and oxygen atoms in total. The summed E-state index contributed by atoms with van der Waals surface area (Å²) in [6.07, 6.45) is -50.6. The maximum absolute atomic E-state index is 14.2. The SMILES string of the molecule is CC(C)c1ccc(C(=O)C[S+](C)C)cc1.FC(F)(F)c1cc([B-](c2cc(C(F)(F)F)cc(C(F)(F)F)c2)(c2cc(C(F)(F)F)cc(C(F)(F)F)c2)c2cc(C(F)(F)F)cc(C(F)(F)F)c2)cc(C(F)(F)F)c1. The summed E-state index contributed by atoms with van der Waals surface area (Å²) in [4.78, 5) is 11.7. The van der Waals surface area contributed by atoms with Gasteiger partial charge in [-0.3, -0.25) is 4.79 Å². The number of hydrogen-bond donors (Lipinski definition) is 0. The highest BCUT2D eigenvalue weighted by atomic mass is 32.2. The van der Waals surface area contributed by atoms with Gasteiger partial charge < -0.3 is 0 Å². The second-order valence-corrected chi connectivity index (χ2v) is 18.8. The molecule has 0 saturated heterocycles. The molecule has 0 spiro atoms. The Labute approximate surface area is 394 Å². The Hall–Kier alpha value is -5.50. The molecule has 0 unspecified atom stereocenters. The molecule has 394 valence electrons. The first-order chi connectivity index (χ1) is 32.3. The minimum absolute atomic E-state index is 0.190. The lowest BCUT2D eigenvalue weighted by Gasteiger charge is -2.46. The van der Waals surface area contributed by atoms with E-state index in [4.69, 9.17) is 0 Å². The lowest BCUT2D eigenvalue weighted by molar-refractivity contribution is -0.144. The van der Waals surface area contributed by atoms with Crippen LogP contribution < -0.4 is 21.9 Å². The van der Waals surface area contributed by atoms with E-state index in [1.54, 1.807) is 0 Å². The zero-order chi connectivity index (χ0) is 55.3. The molecule has 5 aromatic carbocycles. The van der Waals surface area contributed by atoms with Gasteiger partial charge in [0.1, 0.15) is 6.15 Å². The predicted octanol–water partition coefficient (Wildman–Crippen LogP) is 14.1. The number of carbonyl (C=O) groups excluding carboxylic acids is 1. The molecule has 0 bridgehead atoms. The van der Waals surface area contributed by atoms with Crippen molar-refractivity contribution < 1.29 is 110 Å². The first kappa shape index (κ1) is 59.1. The van der Waals surface area contributed by atoms with Crippen molar-refractivity contribution in [3.05, 3.63) is 153 Å². The van der Waals surface area contributed by atoms with Crippen LogP contribution in [0, 0.1) is 0 Å². The van der Waals surface area contributed by atoms with E-state index in [9.17, 15) is 110 Å². The van der Waals surface area contributed by atoms with Crippen LogP contribution in [-0.2, 0) is 60.3 Å². The highest BCUT2D eigenvalue weighted by Gasteiger charge is 2.47. The van der Waals surface area contributed by atoms with E-state index in [0.29, 0.717) is 11.7 Å². The summed E-state index contributed by atoms with van der Waals surface area (Å²) < 4.78 is 341. The molecule has 0 saturated carbocycles. The fourth-order valence-electron chi connectivity index (χ4n) is 7.47. The zero-order valence-electron chi connectivity index (χ0n) is 36.5. The van der Waals surface area contributed by atoms with E-state index >= 15 is 0 Å². The van der Waals surface area contributed by atoms with E-state index in [0.717, 1.165) is 5.56 Å². The highest BCUT2D eigenvalue weighted by Crippen LogP contribution is 2.41. The Morgan fingerprint density at radius 2 is 0.569 bits per heavy atom. The van der Waals surface area contributed by atoms with Gasteiger partial charge in [-0.15, -0.1) is 0 Å². The third kappa shape index (κ3) is 14.0. The molecule has 0 aliphatic carbocycles. The summed E-state index contributed by atoms with van der Waals surface area (Å²) in [5, 5.41) is 0. The number of hydrogen-bond acceptors (Lipinski definition) is 1. The van der Waals surface area contributed by atoms with Crippen LogP contribution in [0.4, 0.5) is 105 Å². The lowest BCUT2D eigenvalue weighted by Crippen LogP contribution is -2.75. The minimum atomic E-state index is -6.13. The molecule has 0 radical (unpaired) electrons. The van der Waals surface area contributed by atoms with Crippen LogP contribution in [0.3, 0.4) is 0 Å². The fraction of sp³-hybridized carbons (Fsp3) is 0.311. The third-order valence-electron chi connectivity index (χ3n) is 10.8. The number of alkyl halides is 24. The summed E-state index contributed by atoms with van der Waals surface area (Å²) in [5.74, 6) is 1.46. The largest absolute Gasteiger partial charge is 0.416 e. The van der Waals surface area contributed by atoms with Gasteiger partial charge in [0.05, 0.1) is 57.0 Å². The molecule has 0 amide bonds. The van der Waals surface area contributed by atoms with E-state index < -0.39 is 195 Å². The van der Waals surface area contributed by atoms with Gasteiger partial charge in [-0.25, -0.2) is 0 Å². The van der Waals surface area contributed by atoms with Crippen molar-refractivity contribution >= 4 is 44.7 Å². The smallest absolute Gasteiger partial charge is 0.289 e. The Morgan fingerprint density at radius 3 is 0.722 bits per heavy atom. The van der Waals surface area contributed by atoms with E-state index in [2.05, 4.69) is 38.5 Å². The van der Waals surface area contributed by atoms with Crippen molar-refractivity contribution in [2.24, 2.45) is 0 Å². The van der Waals surface area contributed by atoms with Crippen molar-refractivity contribution in [2.75, 3.05) is 18.3 Å². The molecule has 0 aromatic heterocycles.